The zero-order valence-corrected chi connectivity index (χ0v) is 11.6. The van der Waals surface area contributed by atoms with Crippen molar-refractivity contribution in [3.8, 4) is 0 Å². The molecule has 0 atom stereocenters. The number of halogens is 2. The number of rotatable bonds is 4. The van der Waals surface area contributed by atoms with Crippen LogP contribution in [0.1, 0.15) is 5.56 Å². The number of carbonyl (C=O) groups is 1. The number of benzene rings is 1. The lowest BCUT2D eigenvalue weighted by molar-refractivity contribution is -0.122. The van der Waals surface area contributed by atoms with Gasteiger partial charge in [0.25, 0.3) is 5.91 Å². The summed E-state index contributed by atoms with van der Waals surface area (Å²) in [6.45, 7) is 2.09. The molecule has 0 aromatic heterocycles. The molecule has 0 saturated carbocycles. The van der Waals surface area contributed by atoms with Crippen LogP contribution in [0.3, 0.4) is 0 Å². The number of thioether (sulfide) groups is 1. The van der Waals surface area contributed by atoms with E-state index in [1.807, 2.05) is 11.8 Å². The first-order valence-electron chi connectivity index (χ1n) is 6.22. The molecule has 4 nitrogen and oxygen atoms in total. The normalized spacial score (nSPS) is 16.5. The van der Waals surface area contributed by atoms with Gasteiger partial charge in [-0.1, -0.05) is 6.07 Å². The van der Waals surface area contributed by atoms with Crippen LogP contribution in [-0.4, -0.2) is 48.2 Å². The molecule has 1 saturated heterocycles. The maximum Gasteiger partial charge on any atom is 0.254 e. The maximum atomic E-state index is 12.9. The number of amides is 1. The molecule has 20 heavy (non-hydrogen) atoms. The summed E-state index contributed by atoms with van der Waals surface area (Å²) in [4.78, 5) is 13.7. The number of carbonyl (C=O) groups excluding carboxylic acids is 1. The molecule has 1 fully saturated rings. The summed E-state index contributed by atoms with van der Waals surface area (Å²) in [6.07, 6.45) is 1.28. The smallest absolute Gasteiger partial charge is 0.254 e. The summed E-state index contributed by atoms with van der Waals surface area (Å²) in [5, 5.41) is 3.73. The first-order valence-corrected chi connectivity index (χ1v) is 7.37. The van der Waals surface area contributed by atoms with Crippen molar-refractivity contribution in [1.29, 1.82) is 0 Å². The van der Waals surface area contributed by atoms with Crippen LogP contribution in [0.2, 0.25) is 0 Å². The molecular formula is C13H15F2N3OS. The van der Waals surface area contributed by atoms with E-state index in [0.29, 0.717) is 12.1 Å². The second-order valence-electron chi connectivity index (χ2n) is 4.36. The largest absolute Gasteiger partial charge is 0.293 e. The van der Waals surface area contributed by atoms with Crippen molar-refractivity contribution in [3.63, 3.8) is 0 Å². The van der Waals surface area contributed by atoms with Gasteiger partial charge in [-0.2, -0.15) is 16.9 Å². The number of hydrogen-bond acceptors (Lipinski definition) is 4. The third-order valence-corrected chi connectivity index (χ3v) is 3.76. The fourth-order valence-corrected chi connectivity index (χ4v) is 2.75. The third-order valence-electron chi connectivity index (χ3n) is 2.82. The molecule has 0 radical (unpaired) electrons. The molecule has 0 unspecified atom stereocenters. The van der Waals surface area contributed by atoms with E-state index in [4.69, 9.17) is 0 Å². The Kier molecular flexibility index (Phi) is 5.49. The minimum absolute atomic E-state index is 0.212. The Morgan fingerprint density at radius 3 is 2.80 bits per heavy atom. The van der Waals surface area contributed by atoms with Gasteiger partial charge in [0, 0.05) is 24.6 Å². The minimum atomic E-state index is -0.939. The standard InChI is InChI=1S/C13H15F2N3OS/c14-11-2-1-10(7-12(11)15)8-16-17-13(19)9-18-3-5-20-6-4-18/h1-2,7-8H,3-6,9H2,(H,17,19)/b16-8-. The monoisotopic (exact) mass is 299 g/mol. The molecule has 7 heteroatoms. The summed E-state index contributed by atoms with van der Waals surface area (Å²) in [5.41, 5.74) is 2.77. The van der Waals surface area contributed by atoms with Crippen LogP contribution in [0.15, 0.2) is 23.3 Å². The Bertz CT molecular complexity index is 504. The number of nitrogens with zero attached hydrogens (tertiary/aromatic N) is 2. The summed E-state index contributed by atoms with van der Waals surface area (Å²) >= 11 is 1.87. The zero-order chi connectivity index (χ0) is 14.4. The molecule has 1 heterocycles. The van der Waals surface area contributed by atoms with E-state index in [1.165, 1.54) is 12.3 Å². The summed E-state index contributed by atoms with van der Waals surface area (Å²) in [5.74, 6) is 0.00700. The van der Waals surface area contributed by atoms with Gasteiger partial charge >= 0.3 is 0 Å². The van der Waals surface area contributed by atoms with Gasteiger partial charge in [0.05, 0.1) is 12.8 Å². The van der Waals surface area contributed by atoms with Crippen molar-refractivity contribution in [2.45, 2.75) is 0 Å². The molecule has 0 spiro atoms. The predicted molar refractivity (Wildman–Crippen MR) is 75.9 cm³/mol. The Hall–Kier alpha value is -1.47. The Morgan fingerprint density at radius 1 is 1.35 bits per heavy atom. The zero-order valence-electron chi connectivity index (χ0n) is 10.8. The molecule has 1 aliphatic heterocycles. The van der Waals surface area contributed by atoms with Gasteiger partial charge in [-0.05, 0) is 17.7 Å². The van der Waals surface area contributed by atoms with Crippen molar-refractivity contribution >= 4 is 23.9 Å². The number of hydrazone groups is 1. The lowest BCUT2D eigenvalue weighted by Crippen LogP contribution is -2.40. The fraction of sp³-hybridized carbons (Fsp3) is 0.385. The van der Waals surface area contributed by atoms with Crippen LogP contribution in [0, 0.1) is 11.6 Å². The fourth-order valence-electron chi connectivity index (χ4n) is 1.77. The lowest BCUT2D eigenvalue weighted by Gasteiger charge is -2.24. The van der Waals surface area contributed by atoms with E-state index in [2.05, 4.69) is 15.4 Å². The van der Waals surface area contributed by atoms with Crippen LogP contribution in [-0.2, 0) is 4.79 Å². The van der Waals surface area contributed by atoms with Crippen LogP contribution in [0.5, 0.6) is 0 Å². The van der Waals surface area contributed by atoms with Gasteiger partial charge in [-0.15, -0.1) is 0 Å². The average molecular weight is 299 g/mol. The molecular weight excluding hydrogens is 284 g/mol. The molecule has 1 amide bonds. The van der Waals surface area contributed by atoms with Gasteiger partial charge in [-0.3, -0.25) is 9.69 Å². The second kappa shape index (κ2) is 7.35. The Labute approximate surface area is 120 Å². The highest BCUT2D eigenvalue weighted by Gasteiger charge is 2.13. The van der Waals surface area contributed by atoms with Gasteiger partial charge in [0.15, 0.2) is 11.6 Å². The van der Waals surface area contributed by atoms with Crippen molar-refractivity contribution in [2.24, 2.45) is 5.10 Å². The van der Waals surface area contributed by atoms with Crippen LogP contribution >= 0.6 is 11.8 Å². The van der Waals surface area contributed by atoms with Crippen molar-refractivity contribution in [2.75, 3.05) is 31.1 Å². The second-order valence-corrected chi connectivity index (χ2v) is 5.58. The first kappa shape index (κ1) is 14.9. The molecule has 0 aliphatic carbocycles. The molecule has 1 aliphatic rings. The average Bonchev–Trinajstić information content (AvgIpc) is 2.44. The van der Waals surface area contributed by atoms with Crippen molar-refractivity contribution in [1.82, 2.24) is 10.3 Å². The van der Waals surface area contributed by atoms with Gasteiger partial charge < -0.3 is 0 Å². The number of hydrogen-bond donors (Lipinski definition) is 1. The molecule has 2 rings (SSSR count). The minimum Gasteiger partial charge on any atom is -0.293 e. The molecule has 1 aromatic carbocycles. The third kappa shape index (κ3) is 4.57. The first-order chi connectivity index (χ1) is 9.65. The van der Waals surface area contributed by atoms with Gasteiger partial charge in [0.1, 0.15) is 0 Å². The Balaban J connectivity index is 1.79. The molecule has 1 N–H and O–H groups in total. The van der Waals surface area contributed by atoms with E-state index in [9.17, 15) is 13.6 Å². The predicted octanol–water partition coefficient (Wildman–Crippen LogP) is 1.46. The van der Waals surface area contributed by atoms with Crippen LogP contribution < -0.4 is 5.43 Å². The van der Waals surface area contributed by atoms with Crippen molar-refractivity contribution < 1.29 is 13.6 Å². The summed E-state index contributed by atoms with van der Waals surface area (Å²) < 4.78 is 25.7. The highest BCUT2D eigenvalue weighted by molar-refractivity contribution is 7.99. The van der Waals surface area contributed by atoms with E-state index >= 15 is 0 Å². The SMILES string of the molecule is O=C(CN1CCSCC1)N/N=C\c1ccc(F)c(F)c1. The Morgan fingerprint density at radius 2 is 2.10 bits per heavy atom. The van der Waals surface area contributed by atoms with Gasteiger partial charge in [-0.25, -0.2) is 14.2 Å². The van der Waals surface area contributed by atoms with E-state index < -0.39 is 11.6 Å². The summed E-state index contributed by atoms with van der Waals surface area (Å²) in [7, 11) is 0. The highest BCUT2D eigenvalue weighted by Crippen LogP contribution is 2.08. The van der Waals surface area contributed by atoms with E-state index in [-0.39, 0.29) is 5.91 Å². The quantitative estimate of drug-likeness (QED) is 0.676. The molecule has 1 aromatic rings. The molecule has 108 valence electrons. The van der Waals surface area contributed by atoms with E-state index in [1.54, 1.807) is 0 Å². The van der Waals surface area contributed by atoms with Gasteiger partial charge in [0.2, 0.25) is 0 Å². The molecule has 0 bridgehead atoms. The van der Waals surface area contributed by atoms with Crippen molar-refractivity contribution in [3.05, 3.63) is 35.4 Å². The van der Waals surface area contributed by atoms with E-state index in [0.717, 1.165) is 36.7 Å². The summed E-state index contributed by atoms with van der Waals surface area (Å²) in [6, 6.07) is 3.42. The highest BCUT2D eigenvalue weighted by atomic mass is 32.2. The van der Waals surface area contributed by atoms with Crippen LogP contribution in [0.25, 0.3) is 0 Å². The van der Waals surface area contributed by atoms with Crippen LogP contribution in [0.4, 0.5) is 8.78 Å². The lowest BCUT2D eigenvalue weighted by atomic mass is 10.2. The number of nitrogens with one attached hydrogen (secondary N) is 1. The topological polar surface area (TPSA) is 44.7 Å². The maximum absolute atomic E-state index is 12.9.